The van der Waals surface area contributed by atoms with Crippen LogP contribution in [0.5, 0.6) is 5.88 Å². The summed E-state index contributed by atoms with van der Waals surface area (Å²) in [5, 5.41) is 2.84. The first-order valence-electron chi connectivity index (χ1n) is 8.20. The Bertz CT molecular complexity index is 906. The molecule has 26 heavy (non-hydrogen) atoms. The van der Waals surface area contributed by atoms with Crippen molar-refractivity contribution in [3.8, 4) is 5.88 Å². The summed E-state index contributed by atoms with van der Waals surface area (Å²) in [5.41, 5.74) is -1.09. The van der Waals surface area contributed by atoms with Crippen LogP contribution in [0.4, 0.5) is 0 Å². The molecule has 0 spiro atoms. The largest absolute Gasteiger partial charge is 0.470 e. The third-order valence-corrected chi connectivity index (χ3v) is 4.29. The maximum atomic E-state index is 12.6. The van der Waals surface area contributed by atoms with Gasteiger partial charge >= 0.3 is 5.69 Å². The van der Waals surface area contributed by atoms with E-state index in [9.17, 15) is 14.4 Å². The van der Waals surface area contributed by atoms with Crippen molar-refractivity contribution in [3.05, 3.63) is 57.0 Å². The topological polar surface area (TPSA) is 104 Å². The Labute approximate surface area is 149 Å². The molecule has 1 N–H and O–H groups in total. The fraction of sp³-hybridized carbons (Fsp3) is 0.412. The lowest BCUT2D eigenvalue weighted by Gasteiger charge is -2.32. The number of carbonyl (C=O) groups excluding carboxylic acids is 1. The van der Waals surface area contributed by atoms with Gasteiger partial charge < -0.3 is 14.8 Å². The highest BCUT2D eigenvalue weighted by Crippen LogP contribution is 2.15. The van der Waals surface area contributed by atoms with Gasteiger partial charge in [0.05, 0.1) is 12.6 Å². The fourth-order valence-corrected chi connectivity index (χ4v) is 2.76. The quantitative estimate of drug-likeness (QED) is 0.784. The maximum Gasteiger partial charge on any atom is 0.331 e. The lowest BCUT2D eigenvalue weighted by Crippen LogP contribution is -2.52. The van der Waals surface area contributed by atoms with Crippen LogP contribution < -0.4 is 21.3 Å². The molecule has 0 unspecified atom stereocenters. The second-order valence-corrected chi connectivity index (χ2v) is 6.04. The molecule has 9 heteroatoms. The molecule has 1 saturated heterocycles. The molecule has 1 aliphatic rings. The first-order chi connectivity index (χ1) is 12.5. The van der Waals surface area contributed by atoms with Crippen molar-refractivity contribution < 1.29 is 14.3 Å². The van der Waals surface area contributed by atoms with E-state index < -0.39 is 23.3 Å². The van der Waals surface area contributed by atoms with Gasteiger partial charge in [0, 0.05) is 39.0 Å². The van der Waals surface area contributed by atoms with E-state index in [1.165, 1.54) is 14.1 Å². The van der Waals surface area contributed by atoms with Crippen LogP contribution in [0.2, 0.25) is 0 Å². The number of ether oxygens (including phenoxy) is 2. The molecule has 3 heterocycles. The van der Waals surface area contributed by atoms with Crippen molar-refractivity contribution in [3.63, 3.8) is 0 Å². The summed E-state index contributed by atoms with van der Waals surface area (Å²) in [6, 6.07) is 6.11. The number of nitrogens with zero attached hydrogens (tertiary/aromatic N) is 3. The molecule has 9 nitrogen and oxygen atoms in total. The molecule has 1 aliphatic heterocycles. The Kier molecular flexibility index (Phi) is 5.17. The summed E-state index contributed by atoms with van der Waals surface area (Å²) in [4.78, 5) is 40.6. The Morgan fingerprint density at radius 2 is 2.12 bits per heavy atom. The van der Waals surface area contributed by atoms with Gasteiger partial charge in [-0.1, -0.05) is 6.07 Å². The Morgan fingerprint density at radius 3 is 2.85 bits per heavy atom. The summed E-state index contributed by atoms with van der Waals surface area (Å²) in [6.07, 6.45) is 1.73. The van der Waals surface area contributed by atoms with Crippen LogP contribution in [-0.4, -0.2) is 45.4 Å². The van der Waals surface area contributed by atoms with Gasteiger partial charge in [-0.15, -0.1) is 0 Å². The Balaban J connectivity index is 1.79. The van der Waals surface area contributed by atoms with E-state index in [2.05, 4.69) is 10.3 Å². The number of aromatic nitrogens is 3. The normalized spacial score (nSPS) is 19.8. The van der Waals surface area contributed by atoms with Crippen molar-refractivity contribution in [2.75, 3.05) is 13.2 Å². The van der Waals surface area contributed by atoms with Crippen LogP contribution in [-0.2, 0) is 18.8 Å². The average Bonchev–Trinajstić information content (AvgIpc) is 2.65. The van der Waals surface area contributed by atoms with E-state index in [0.29, 0.717) is 25.5 Å². The zero-order valence-corrected chi connectivity index (χ0v) is 14.5. The van der Waals surface area contributed by atoms with E-state index >= 15 is 0 Å². The van der Waals surface area contributed by atoms with Crippen molar-refractivity contribution in [1.29, 1.82) is 0 Å². The van der Waals surface area contributed by atoms with Gasteiger partial charge in [-0.25, -0.2) is 9.78 Å². The molecule has 3 rings (SSSR count). The van der Waals surface area contributed by atoms with Gasteiger partial charge in [0.2, 0.25) is 5.88 Å². The minimum Gasteiger partial charge on any atom is -0.470 e. The van der Waals surface area contributed by atoms with Crippen molar-refractivity contribution in [2.45, 2.75) is 18.6 Å². The molecular weight excluding hydrogens is 340 g/mol. The number of rotatable bonds is 4. The van der Waals surface area contributed by atoms with Gasteiger partial charge in [0.25, 0.3) is 11.5 Å². The monoisotopic (exact) mass is 360 g/mol. The lowest BCUT2D eigenvalue weighted by molar-refractivity contribution is -0.0153. The summed E-state index contributed by atoms with van der Waals surface area (Å²) in [7, 11) is 2.81. The van der Waals surface area contributed by atoms with Crippen LogP contribution in [0, 0.1) is 0 Å². The molecule has 1 amide bonds. The molecular formula is C17H20N4O5. The summed E-state index contributed by atoms with van der Waals surface area (Å²) in [5.74, 6) is -0.0768. The van der Waals surface area contributed by atoms with E-state index in [4.69, 9.17) is 9.47 Å². The van der Waals surface area contributed by atoms with Crippen LogP contribution in [0.15, 0.2) is 40.1 Å². The highest BCUT2D eigenvalue weighted by molar-refractivity contribution is 5.92. The minimum atomic E-state index is -0.559. The van der Waals surface area contributed by atoms with Crippen LogP contribution in [0.3, 0.4) is 0 Å². The number of hydrogen-bond acceptors (Lipinski definition) is 6. The number of carbonyl (C=O) groups is 1. The third kappa shape index (κ3) is 3.67. The van der Waals surface area contributed by atoms with Crippen molar-refractivity contribution in [2.24, 2.45) is 14.1 Å². The molecule has 0 aliphatic carbocycles. The van der Waals surface area contributed by atoms with Gasteiger partial charge in [-0.2, -0.15) is 0 Å². The number of hydrogen-bond donors (Lipinski definition) is 1. The number of nitrogens with one attached hydrogen (secondary N) is 1. The smallest absolute Gasteiger partial charge is 0.331 e. The Morgan fingerprint density at radius 1 is 1.31 bits per heavy atom. The molecule has 0 bridgehead atoms. The third-order valence-electron chi connectivity index (χ3n) is 4.29. The van der Waals surface area contributed by atoms with Gasteiger partial charge in [-0.3, -0.25) is 18.7 Å². The molecule has 138 valence electrons. The fourth-order valence-electron chi connectivity index (χ4n) is 2.76. The predicted octanol–water partition coefficient (Wildman–Crippen LogP) is -0.555. The zero-order valence-electron chi connectivity index (χ0n) is 14.5. The summed E-state index contributed by atoms with van der Waals surface area (Å²) < 4.78 is 13.3. The van der Waals surface area contributed by atoms with E-state index in [0.717, 1.165) is 15.2 Å². The van der Waals surface area contributed by atoms with E-state index in [1.54, 1.807) is 24.4 Å². The van der Waals surface area contributed by atoms with E-state index in [1.807, 2.05) is 0 Å². The highest BCUT2D eigenvalue weighted by atomic mass is 16.5. The summed E-state index contributed by atoms with van der Waals surface area (Å²) >= 11 is 0. The van der Waals surface area contributed by atoms with Crippen LogP contribution in [0.1, 0.15) is 16.9 Å². The zero-order chi connectivity index (χ0) is 18.7. The van der Waals surface area contributed by atoms with Gasteiger partial charge in [-0.05, 0) is 12.5 Å². The first-order valence-corrected chi connectivity index (χ1v) is 8.20. The number of pyridine rings is 1. The van der Waals surface area contributed by atoms with Crippen molar-refractivity contribution in [1.82, 2.24) is 19.4 Å². The predicted molar refractivity (Wildman–Crippen MR) is 92.3 cm³/mol. The summed E-state index contributed by atoms with van der Waals surface area (Å²) in [6.45, 7) is 0.777. The van der Waals surface area contributed by atoms with Crippen LogP contribution >= 0.6 is 0 Å². The molecule has 0 saturated carbocycles. The van der Waals surface area contributed by atoms with E-state index in [-0.39, 0.29) is 11.7 Å². The van der Waals surface area contributed by atoms with Gasteiger partial charge in [0.15, 0.2) is 0 Å². The Hall–Kier alpha value is -2.94. The minimum absolute atomic E-state index is 0.00109. The molecule has 1 fully saturated rings. The van der Waals surface area contributed by atoms with Crippen LogP contribution in [0.25, 0.3) is 0 Å². The molecule has 0 aromatic carbocycles. The number of amides is 1. The second-order valence-electron chi connectivity index (χ2n) is 6.04. The molecule has 0 radical (unpaired) electrons. The molecule has 2 aromatic rings. The average molecular weight is 360 g/mol. The SMILES string of the molecule is Cn1c(C(=O)N[C@@H]2CCOC[C@H]2Oc2ccccn2)cc(=O)n(C)c1=O. The molecule has 2 atom stereocenters. The second kappa shape index (κ2) is 7.52. The maximum absolute atomic E-state index is 12.6. The van der Waals surface area contributed by atoms with Gasteiger partial charge in [0.1, 0.15) is 11.8 Å². The molecule has 2 aromatic heterocycles. The highest BCUT2D eigenvalue weighted by Gasteiger charge is 2.30. The van der Waals surface area contributed by atoms with Crippen molar-refractivity contribution >= 4 is 5.91 Å². The first kappa shape index (κ1) is 17.9. The standard InChI is InChI=1S/C17H20N4O5/c1-20-12(9-15(22)21(2)17(20)24)16(23)19-11-6-8-25-10-13(11)26-14-5-3-4-7-18-14/h3-5,7,9,11,13H,6,8,10H2,1-2H3,(H,19,23)/t11-,13-/m1/s1. The lowest BCUT2D eigenvalue weighted by atomic mass is 10.1.